The van der Waals surface area contributed by atoms with E-state index in [1.165, 1.54) is 0 Å². The third-order valence-electron chi connectivity index (χ3n) is 3.24. The van der Waals surface area contributed by atoms with Gasteiger partial charge in [-0.25, -0.2) is 0 Å². The van der Waals surface area contributed by atoms with Crippen LogP contribution in [0.2, 0.25) is 0 Å². The Balaban J connectivity index is 1.86. The summed E-state index contributed by atoms with van der Waals surface area (Å²) in [6.07, 6.45) is 7.08. The van der Waals surface area contributed by atoms with Crippen molar-refractivity contribution in [2.75, 3.05) is 7.11 Å². The van der Waals surface area contributed by atoms with E-state index in [1.807, 2.05) is 24.3 Å². The van der Waals surface area contributed by atoms with Gasteiger partial charge >= 0.3 is 0 Å². The molecule has 0 spiro atoms. The van der Waals surface area contributed by atoms with Crippen molar-refractivity contribution >= 4 is 5.91 Å². The Morgan fingerprint density at radius 2 is 2.33 bits per heavy atom. The molecule has 0 unspecified atom stereocenters. The molecule has 0 bridgehead atoms. The summed E-state index contributed by atoms with van der Waals surface area (Å²) in [5, 5.41) is 2.99. The van der Waals surface area contributed by atoms with Gasteiger partial charge in [-0.15, -0.1) is 0 Å². The maximum absolute atomic E-state index is 11.9. The first kappa shape index (κ1) is 12.7. The molecule has 2 rings (SSSR count). The first-order chi connectivity index (χ1) is 8.79. The van der Waals surface area contributed by atoms with Crippen LogP contribution in [0.3, 0.4) is 0 Å². The number of hydrogen-bond acceptors (Lipinski definition) is 2. The molecule has 1 amide bonds. The number of ether oxygens (including phenoxy) is 1. The summed E-state index contributed by atoms with van der Waals surface area (Å²) in [5.74, 6) is 1.12. The number of hydrogen-bond donors (Lipinski definition) is 1. The maximum atomic E-state index is 11.9. The molecule has 18 heavy (non-hydrogen) atoms. The van der Waals surface area contributed by atoms with Gasteiger partial charge in [-0.3, -0.25) is 4.79 Å². The highest BCUT2D eigenvalue weighted by Crippen LogP contribution is 2.18. The minimum absolute atomic E-state index is 0.139. The minimum Gasteiger partial charge on any atom is -0.497 e. The molecule has 1 atom stereocenters. The Bertz CT molecular complexity index is 440. The first-order valence-electron chi connectivity index (χ1n) is 6.35. The van der Waals surface area contributed by atoms with Crippen LogP contribution >= 0.6 is 0 Å². The Labute approximate surface area is 108 Å². The van der Waals surface area contributed by atoms with Crippen LogP contribution in [0.5, 0.6) is 5.75 Å². The zero-order chi connectivity index (χ0) is 12.8. The average Bonchev–Trinajstić information content (AvgIpc) is 2.46. The number of carbonyl (C=O) groups is 1. The monoisotopic (exact) mass is 245 g/mol. The van der Waals surface area contributed by atoms with E-state index in [9.17, 15) is 4.79 Å². The molecule has 0 saturated heterocycles. The predicted molar refractivity (Wildman–Crippen MR) is 71.3 cm³/mol. The Morgan fingerprint density at radius 1 is 1.44 bits per heavy atom. The van der Waals surface area contributed by atoms with Crippen LogP contribution in [0.15, 0.2) is 36.4 Å². The van der Waals surface area contributed by atoms with Gasteiger partial charge in [0.25, 0.3) is 0 Å². The molecular formula is C15H19NO2. The van der Waals surface area contributed by atoms with E-state index in [2.05, 4.69) is 17.5 Å². The van der Waals surface area contributed by atoms with E-state index in [0.717, 1.165) is 30.6 Å². The van der Waals surface area contributed by atoms with Crippen molar-refractivity contribution in [2.24, 2.45) is 5.92 Å². The second kappa shape index (κ2) is 6.24. The van der Waals surface area contributed by atoms with Crippen LogP contribution in [-0.2, 0) is 11.3 Å². The van der Waals surface area contributed by atoms with Crippen LogP contribution in [0.1, 0.15) is 24.8 Å². The molecule has 0 radical (unpaired) electrons. The lowest BCUT2D eigenvalue weighted by molar-refractivity contribution is -0.125. The number of rotatable bonds is 4. The number of carbonyl (C=O) groups excluding carboxylic acids is 1. The number of benzene rings is 1. The number of amides is 1. The smallest absolute Gasteiger partial charge is 0.223 e. The second-order valence-corrected chi connectivity index (χ2v) is 4.55. The first-order valence-corrected chi connectivity index (χ1v) is 6.35. The van der Waals surface area contributed by atoms with E-state index < -0.39 is 0 Å². The van der Waals surface area contributed by atoms with E-state index >= 15 is 0 Å². The van der Waals surface area contributed by atoms with Crippen molar-refractivity contribution in [3.63, 3.8) is 0 Å². The van der Waals surface area contributed by atoms with Crippen molar-refractivity contribution in [3.05, 3.63) is 42.0 Å². The molecule has 1 aliphatic rings. The lowest BCUT2D eigenvalue weighted by Crippen LogP contribution is -2.30. The molecule has 1 aromatic rings. The zero-order valence-corrected chi connectivity index (χ0v) is 10.7. The summed E-state index contributed by atoms with van der Waals surface area (Å²) in [7, 11) is 1.64. The van der Waals surface area contributed by atoms with Crippen molar-refractivity contribution in [2.45, 2.75) is 25.8 Å². The molecule has 1 N–H and O–H groups in total. The second-order valence-electron chi connectivity index (χ2n) is 4.55. The number of methoxy groups -OCH3 is 1. The molecule has 0 fully saturated rings. The lowest BCUT2D eigenvalue weighted by Gasteiger charge is -2.17. The molecule has 1 aromatic carbocycles. The van der Waals surface area contributed by atoms with Gasteiger partial charge in [0.05, 0.1) is 7.11 Å². The van der Waals surface area contributed by atoms with Gasteiger partial charge in [-0.05, 0) is 37.0 Å². The fourth-order valence-corrected chi connectivity index (χ4v) is 2.15. The van der Waals surface area contributed by atoms with Crippen LogP contribution in [-0.4, -0.2) is 13.0 Å². The van der Waals surface area contributed by atoms with Crippen molar-refractivity contribution in [1.82, 2.24) is 5.32 Å². The maximum Gasteiger partial charge on any atom is 0.223 e. The van der Waals surface area contributed by atoms with E-state index in [0.29, 0.717) is 6.54 Å². The van der Waals surface area contributed by atoms with Gasteiger partial charge in [0.15, 0.2) is 0 Å². The van der Waals surface area contributed by atoms with Crippen LogP contribution in [0.4, 0.5) is 0 Å². The van der Waals surface area contributed by atoms with Crippen LogP contribution in [0, 0.1) is 5.92 Å². The van der Waals surface area contributed by atoms with Crippen molar-refractivity contribution in [3.8, 4) is 5.75 Å². The Hall–Kier alpha value is -1.77. The normalized spacial score (nSPS) is 18.4. The molecule has 96 valence electrons. The molecule has 3 heteroatoms. The third kappa shape index (κ3) is 3.36. The van der Waals surface area contributed by atoms with Crippen molar-refractivity contribution < 1.29 is 9.53 Å². The zero-order valence-electron chi connectivity index (χ0n) is 10.7. The predicted octanol–water partition coefficient (Wildman–Crippen LogP) is 2.67. The third-order valence-corrected chi connectivity index (χ3v) is 3.24. The van der Waals surface area contributed by atoms with Gasteiger partial charge in [-0.2, -0.15) is 0 Å². The summed E-state index contributed by atoms with van der Waals surface area (Å²) in [6, 6.07) is 7.77. The molecule has 1 aliphatic carbocycles. The van der Waals surface area contributed by atoms with E-state index in [4.69, 9.17) is 4.74 Å². The summed E-state index contributed by atoms with van der Waals surface area (Å²) in [6.45, 7) is 0.566. The van der Waals surface area contributed by atoms with Crippen LogP contribution in [0.25, 0.3) is 0 Å². The van der Waals surface area contributed by atoms with Gasteiger partial charge < -0.3 is 10.1 Å². The van der Waals surface area contributed by atoms with E-state index in [1.54, 1.807) is 7.11 Å². The highest BCUT2D eigenvalue weighted by atomic mass is 16.5. The fourth-order valence-electron chi connectivity index (χ4n) is 2.15. The molecule has 0 saturated carbocycles. The quantitative estimate of drug-likeness (QED) is 0.828. The highest BCUT2D eigenvalue weighted by Gasteiger charge is 2.17. The number of allylic oxidation sites excluding steroid dienone is 2. The summed E-state index contributed by atoms with van der Waals surface area (Å²) in [4.78, 5) is 11.9. The summed E-state index contributed by atoms with van der Waals surface area (Å²) < 4.78 is 5.16. The summed E-state index contributed by atoms with van der Waals surface area (Å²) >= 11 is 0. The Morgan fingerprint density at radius 3 is 3.06 bits per heavy atom. The molecule has 3 nitrogen and oxygen atoms in total. The molecular weight excluding hydrogens is 226 g/mol. The topological polar surface area (TPSA) is 38.3 Å². The van der Waals surface area contributed by atoms with Crippen LogP contribution < -0.4 is 10.1 Å². The largest absolute Gasteiger partial charge is 0.497 e. The lowest BCUT2D eigenvalue weighted by atomic mass is 9.93. The van der Waals surface area contributed by atoms with E-state index in [-0.39, 0.29) is 11.8 Å². The SMILES string of the molecule is COc1cccc(CNC(=O)[C@@H]2CC=CCC2)c1. The highest BCUT2D eigenvalue weighted by molar-refractivity contribution is 5.78. The Kier molecular flexibility index (Phi) is 4.40. The average molecular weight is 245 g/mol. The molecule has 0 aromatic heterocycles. The van der Waals surface area contributed by atoms with Gasteiger partial charge in [0, 0.05) is 12.5 Å². The van der Waals surface area contributed by atoms with Gasteiger partial charge in [-0.1, -0.05) is 24.3 Å². The van der Waals surface area contributed by atoms with Gasteiger partial charge in [0.2, 0.25) is 5.91 Å². The summed E-state index contributed by atoms with van der Waals surface area (Å²) in [5.41, 5.74) is 1.06. The minimum atomic E-state index is 0.139. The standard InChI is InChI=1S/C15H19NO2/c1-18-14-9-5-6-12(10-14)11-16-15(17)13-7-3-2-4-8-13/h2-3,5-6,9-10,13H,4,7-8,11H2,1H3,(H,16,17)/t13-/m1/s1. The van der Waals surface area contributed by atoms with Crippen molar-refractivity contribution in [1.29, 1.82) is 0 Å². The van der Waals surface area contributed by atoms with Gasteiger partial charge in [0.1, 0.15) is 5.75 Å². The molecule has 0 aliphatic heterocycles. The molecule has 0 heterocycles. The number of nitrogens with one attached hydrogen (secondary N) is 1. The fraction of sp³-hybridized carbons (Fsp3) is 0.400.